The third-order valence-electron chi connectivity index (χ3n) is 1.74. The van der Waals surface area contributed by atoms with E-state index in [-0.39, 0.29) is 6.04 Å². The summed E-state index contributed by atoms with van der Waals surface area (Å²) >= 11 is 2.21. The molecule has 0 aromatic carbocycles. The Morgan fingerprint density at radius 1 is 1.83 bits per heavy atom. The quantitative estimate of drug-likeness (QED) is 0.794. The molecule has 0 spiro atoms. The van der Waals surface area contributed by atoms with E-state index < -0.39 is 0 Å². The van der Waals surface area contributed by atoms with E-state index in [0.29, 0.717) is 6.42 Å². The number of hydrogen-bond donors (Lipinski definition) is 0. The van der Waals surface area contributed by atoms with Crippen LogP contribution < -0.4 is 0 Å². The smallest absolute Gasteiger partial charge is 0.0646 e. The number of nitrogens with zero attached hydrogens (tertiary/aromatic N) is 3. The number of nitriles is 1. The summed E-state index contributed by atoms with van der Waals surface area (Å²) in [5.41, 5.74) is 0. The lowest BCUT2D eigenvalue weighted by Gasteiger charge is -2.10. The summed E-state index contributed by atoms with van der Waals surface area (Å²) in [6.07, 6.45) is 5.26. The molecule has 0 aliphatic rings. The molecular formula is C8H10IN3. The van der Waals surface area contributed by atoms with E-state index in [1.807, 2.05) is 10.9 Å². The Bertz CT molecular complexity index is 287. The largest absolute Gasteiger partial charge is 0.268 e. The molecule has 0 aliphatic carbocycles. The SMILES string of the molecule is CCC(CC#N)n1cc(I)cn1. The zero-order chi connectivity index (χ0) is 8.97. The molecule has 64 valence electrons. The first-order valence-corrected chi connectivity index (χ1v) is 4.92. The minimum Gasteiger partial charge on any atom is -0.268 e. The summed E-state index contributed by atoms with van der Waals surface area (Å²) in [7, 11) is 0. The van der Waals surface area contributed by atoms with Crippen LogP contribution in [0.4, 0.5) is 0 Å². The van der Waals surface area contributed by atoms with Crippen molar-refractivity contribution in [2.75, 3.05) is 0 Å². The molecular weight excluding hydrogens is 265 g/mol. The van der Waals surface area contributed by atoms with Crippen molar-refractivity contribution >= 4 is 22.6 Å². The molecule has 0 fully saturated rings. The van der Waals surface area contributed by atoms with Gasteiger partial charge < -0.3 is 0 Å². The number of halogens is 1. The molecule has 1 aromatic heterocycles. The predicted molar refractivity (Wildman–Crippen MR) is 54.5 cm³/mol. The fraction of sp³-hybridized carbons (Fsp3) is 0.500. The van der Waals surface area contributed by atoms with Gasteiger partial charge in [-0.1, -0.05) is 6.92 Å². The lowest BCUT2D eigenvalue weighted by Crippen LogP contribution is -2.07. The highest BCUT2D eigenvalue weighted by Crippen LogP contribution is 2.15. The summed E-state index contributed by atoms with van der Waals surface area (Å²) in [4.78, 5) is 0. The van der Waals surface area contributed by atoms with Crippen LogP contribution in [0.15, 0.2) is 12.4 Å². The van der Waals surface area contributed by atoms with Crippen molar-refractivity contribution in [3.8, 4) is 6.07 Å². The number of aromatic nitrogens is 2. The van der Waals surface area contributed by atoms with Crippen LogP contribution in [-0.2, 0) is 0 Å². The van der Waals surface area contributed by atoms with Gasteiger partial charge in [-0.25, -0.2) is 0 Å². The Morgan fingerprint density at radius 2 is 2.58 bits per heavy atom. The van der Waals surface area contributed by atoms with Crippen LogP contribution in [0.5, 0.6) is 0 Å². The molecule has 1 unspecified atom stereocenters. The van der Waals surface area contributed by atoms with Gasteiger partial charge >= 0.3 is 0 Å². The summed E-state index contributed by atoms with van der Waals surface area (Å²) < 4.78 is 2.98. The van der Waals surface area contributed by atoms with Crippen LogP contribution in [0.1, 0.15) is 25.8 Å². The van der Waals surface area contributed by atoms with Crippen LogP contribution in [0.3, 0.4) is 0 Å². The molecule has 4 heteroatoms. The summed E-state index contributed by atoms with van der Waals surface area (Å²) in [6, 6.07) is 2.40. The monoisotopic (exact) mass is 275 g/mol. The number of rotatable bonds is 3. The van der Waals surface area contributed by atoms with Crippen molar-refractivity contribution in [1.29, 1.82) is 5.26 Å². The second kappa shape index (κ2) is 4.45. The average molecular weight is 275 g/mol. The predicted octanol–water partition coefficient (Wildman–Crippen LogP) is 2.35. The molecule has 0 radical (unpaired) electrons. The Morgan fingerprint density at radius 3 is 3.00 bits per heavy atom. The zero-order valence-electron chi connectivity index (χ0n) is 6.87. The molecule has 0 bridgehead atoms. The van der Waals surface area contributed by atoms with Crippen molar-refractivity contribution < 1.29 is 0 Å². The van der Waals surface area contributed by atoms with E-state index in [2.05, 4.69) is 40.7 Å². The van der Waals surface area contributed by atoms with Crippen LogP contribution in [0.25, 0.3) is 0 Å². The third-order valence-corrected chi connectivity index (χ3v) is 2.30. The fourth-order valence-electron chi connectivity index (χ4n) is 1.04. The molecule has 0 aliphatic heterocycles. The lowest BCUT2D eigenvalue weighted by atomic mass is 10.2. The molecule has 1 heterocycles. The van der Waals surface area contributed by atoms with Gasteiger partial charge in [0.1, 0.15) is 0 Å². The zero-order valence-corrected chi connectivity index (χ0v) is 9.02. The van der Waals surface area contributed by atoms with Crippen molar-refractivity contribution in [1.82, 2.24) is 9.78 Å². The highest BCUT2D eigenvalue weighted by molar-refractivity contribution is 14.1. The van der Waals surface area contributed by atoms with E-state index in [0.717, 1.165) is 9.99 Å². The van der Waals surface area contributed by atoms with Crippen molar-refractivity contribution in [2.24, 2.45) is 0 Å². The minimum absolute atomic E-state index is 0.235. The first-order chi connectivity index (χ1) is 5.77. The van der Waals surface area contributed by atoms with Crippen molar-refractivity contribution in [3.63, 3.8) is 0 Å². The van der Waals surface area contributed by atoms with E-state index in [4.69, 9.17) is 5.26 Å². The summed E-state index contributed by atoms with van der Waals surface area (Å²) in [6.45, 7) is 2.07. The van der Waals surface area contributed by atoms with Crippen LogP contribution >= 0.6 is 22.6 Å². The van der Waals surface area contributed by atoms with E-state index in [9.17, 15) is 0 Å². The maximum absolute atomic E-state index is 8.54. The Hall–Kier alpha value is -0.570. The Balaban J connectivity index is 2.74. The van der Waals surface area contributed by atoms with E-state index in [1.165, 1.54) is 0 Å². The van der Waals surface area contributed by atoms with Gasteiger partial charge in [0.15, 0.2) is 0 Å². The number of hydrogen-bond acceptors (Lipinski definition) is 2. The normalized spacial score (nSPS) is 12.4. The summed E-state index contributed by atoms with van der Waals surface area (Å²) in [5.74, 6) is 0. The minimum atomic E-state index is 0.235. The summed E-state index contributed by atoms with van der Waals surface area (Å²) in [5, 5.41) is 12.7. The average Bonchev–Trinajstić information content (AvgIpc) is 2.47. The molecule has 3 nitrogen and oxygen atoms in total. The maximum Gasteiger partial charge on any atom is 0.0646 e. The lowest BCUT2D eigenvalue weighted by molar-refractivity contribution is 0.448. The van der Waals surface area contributed by atoms with Gasteiger partial charge in [0.2, 0.25) is 0 Å². The maximum atomic E-state index is 8.54. The molecule has 1 atom stereocenters. The molecule has 12 heavy (non-hydrogen) atoms. The highest BCUT2D eigenvalue weighted by atomic mass is 127. The van der Waals surface area contributed by atoms with Crippen LogP contribution in [-0.4, -0.2) is 9.78 Å². The van der Waals surface area contributed by atoms with Gasteiger partial charge in [-0.3, -0.25) is 4.68 Å². The van der Waals surface area contributed by atoms with E-state index in [1.54, 1.807) is 6.20 Å². The van der Waals surface area contributed by atoms with Gasteiger partial charge in [0.25, 0.3) is 0 Å². The topological polar surface area (TPSA) is 41.6 Å². The van der Waals surface area contributed by atoms with Gasteiger partial charge in [-0.15, -0.1) is 0 Å². The first-order valence-electron chi connectivity index (χ1n) is 3.84. The van der Waals surface area contributed by atoms with Crippen LogP contribution in [0.2, 0.25) is 0 Å². The molecule has 0 amide bonds. The second-order valence-electron chi connectivity index (χ2n) is 2.56. The van der Waals surface area contributed by atoms with Gasteiger partial charge in [-0.05, 0) is 29.0 Å². The Kier molecular flexibility index (Phi) is 3.53. The molecule has 0 saturated heterocycles. The van der Waals surface area contributed by atoms with E-state index >= 15 is 0 Å². The van der Waals surface area contributed by atoms with Gasteiger partial charge in [0, 0.05) is 6.20 Å². The molecule has 1 rings (SSSR count). The van der Waals surface area contributed by atoms with Gasteiger partial charge in [0.05, 0.1) is 28.3 Å². The second-order valence-corrected chi connectivity index (χ2v) is 3.81. The van der Waals surface area contributed by atoms with Gasteiger partial charge in [-0.2, -0.15) is 10.4 Å². The first kappa shape index (κ1) is 9.52. The third kappa shape index (κ3) is 2.21. The Labute approximate surface area is 85.5 Å². The fourth-order valence-corrected chi connectivity index (χ4v) is 1.45. The molecule has 0 saturated carbocycles. The van der Waals surface area contributed by atoms with Crippen molar-refractivity contribution in [2.45, 2.75) is 25.8 Å². The molecule has 0 N–H and O–H groups in total. The highest BCUT2D eigenvalue weighted by Gasteiger charge is 2.08. The standard InChI is InChI=1S/C8H10IN3/c1-2-8(3-4-10)12-6-7(9)5-11-12/h5-6,8H,2-3H2,1H3. The van der Waals surface area contributed by atoms with Crippen molar-refractivity contribution in [3.05, 3.63) is 16.0 Å². The van der Waals surface area contributed by atoms with Crippen LogP contribution in [0, 0.1) is 14.9 Å². The molecule has 1 aromatic rings.